The molecule has 1 aromatic rings. The topological polar surface area (TPSA) is 69.5 Å². The molecule has 4 heteroatoms. The Kier molecular flexibility index (Phi) is 4.05. The van der Waals surface area contributed by atoms with Crippen molar-refractivity contribution in [3.05, 3.63) is 29.8 Å². The summed E-state index contributed by atoms with van der Waals surface area (Å²) in [6.07, 6.45) is 8.67. The number of hydrogen-bond donors (Lipinski definition) is 2. The number of nitrogens with one attached hydrogen (secondary N) is 1. The zero-order valence-corrected chi connectivity index (χ0v) is 14.1. The second kappa shape index (κ2) is 6.22. The molecule has 0 aromatic heterocycles. The number of nitriles is 1. The number of hydrogen-bond acceptors (Lipinski definition) is 2. The van der Waals surface area contributed by atoms with Gasteiger partial charge in [-0.25, -0.2) is 0 Å². The highest BCUT2D eigenvalue weighted by atomic mass is 16.1. The number of benzene rings is 1. The SMILES string of the molecule is N#CCc1ccc(NC(=O)C[NH2+]C23CC4CC(CC(C4)C2)C3)cc1. The first kappa shape index (κ1) is 15.7. The molecule has 5 rings (SSSR count). The summed E-state index contributed by atoms with van der Waals surface area (Å²) in [5.41, 5.74) is 2.15. The first-order valence-electron chi connectivity index (χ1n) is 9.24. The van der Waals surface area contributed by atoms with Crippen molar-refractivity contribution in [2.45, 2.75) is 50.5 Å². The normalized spacial score (nSPS) is 33.2. The van der Waals surface area contributed by atoms with E-state index < -0.39 is 0 Å². The van der Waals surface area contributed by atoms with Crippen LogP contribution in [0.5, 0.6) is 0 Å². The van der Waals surface area contributed by atoms with Gasteiger partial charge in [-0.2, -0.15) is 5.26 Å². The van der Waals surface area contributed by atoms with Gasteiger partial charge in [0, 0.05) is 24.9 Å². The van der Waals surface area contributed by atoms with Gasteiger partial charge in [0.2, 0.25) is 0 Å². The number of quaternary nitrogens is 1. The molecule has 1 amide bonds. The van der Waals surface area contributed by atoms with Crippen molar-refractivity contribution in [2.75, 3.05) is 11.9 Å². The van der Waals surface area contributed by atoms with Gasteiger partial charge >= 0.3 is 0 Å². The van der Waals surface area contributed by atoms with Gasteiger partial charge in [0.1, 0.15) is 0 Å². The lowest BCUT2D eigenvalue weighted by Gasteiger charge is -2.54. The average molecular weight is 324 g/mol. The maximum absolute atomic E-state index is 12.3. The number of nitrogens with zero attached hydrogens (tertiary/aromatic N) is 1. The number of nitrogens with two attached hydrogens (primary N) is 1. The fraction of sp³-hybridized carbons (Fsp3) is 0.600. The Morgan fingerprint density at radius 2 is 1.71 bits per heavy atom. The molecule has 24 heavy (non-hydrogen) atoms. The Hall–Kier alpha value is -1.86. The summed E-state index contributed by atoms with van der Waals surface area (Å²) in [7, 11) is 0. The second-order valence-corrected chi connectivity index (χ2v) is 8.27. The van der Waals surface area contributed by atoms with E-state index in [2.05, 4.69) is 16.7 Å². The Labute approximate surface area is 143 Å². The van der Waals surface area contributed by atoms with Gasteiger partial charge in [-0.15, -0.1) is 0 Å². The van der Waals surface area contributed by atoms with Crippen LogP contribution in [0.2, 0.25) is 0 Å². The van der Waals surface area contributed by atoms with Crippen molar-refractivity contribution >= 4 is 11.6 Å². The summed E-state index contributed by atoms with van der Waals surface area (Å²) >= 11 is 0. The Balaban J connectivity index is 1.31. The minimum atomic E-state index is 0.0822. The highest BCUT2D eigenvalue weighted by Gasteiger charge is 2.53. The lowest BCUT2D eigenvalue weighted by Crippen LogP contribution is -3.00. The van der Waals surface area contributed by atoms with Crippen LogP contribution in [0.15, 0.2) is 24.3 Å². The number of carbonyl (C=O) groups excluding carboxylic acids is 1. The minimum absolute atomic E-state index is 0.0822. The van der Waals surface area contributed by atoms with E-state index in [0.717, 1.165) is 29.0 Å². The van der Waals surface area contributed by atoms with E-state index in [-0.39, 0.29) is 5.91 Å². The van der Waals surface area contributed by atoms with Gasteiger partial charge in [0.05, 0.1) is 18.0 Å². The Morgan fingerprint density at radius 1 is 1.12 bits per heavy atom. The van der Waals surface area contributed by atoms with Crippen molar-refractivity contribution in [1.29, 1.82) is 5.26 Å². The molecule has 4 saturated carbocycles. The molecule has 4 bridgehead atoms. The van der Waals surface area contributed by atoms with Gasteiger partial charge in [-0.1, -0.05) is 12.1 Å². The van der Waals surface area contributed by atoms with Gasteiger partial charge in [-0.05, 0) is 54.7 Å². The molecule has 0 spiro atoms. The molecule has 4 aliphatic rings. The van der Waals surface area contributed by atoms with E-state index in [1.165, 1.54) is 38.5 Å². The molecule has 0 radical (unpaired) electrons. The highest BCUT2D eigenvalue weighted by molar-refractivity contribution is 5.91. The summed E-state index contributed by atoms with van der Waals surface area (Å²) in [5, 5.41) is 14.0. The van der Waals surface area contributed by atoms with Crippen molar-refractivity contribution in [3.8, 4) is 6.07 Å². The molecule has 0 atom stereocenters. The molecular weight excluding hydrogens is 298 g/mol. The van der Waals surface area contributed by atoms with Gasteiger partial charge in [0.15, 0.2) is 6.54 Å². The molecule has 0 unspecified atom stereocenters. The first-order valence-corrected chi connectivity index (χ1v) is 9.24. The van der Waals surface area contributed by atoms with Crippen LogP contribution in [0, 0.1) is 29.1 Å². The molecule has 126 valence electrons. The van der Waals surface area contributed by atoms with Crippen molar-refractivity contribution < 1.29 is 10.1 Å². The lowest BCUT2D eigenvalue weighted by molar-refractivity contribution is -0.729. The van der Waals surface area contributed by atoms with Crippen LogP contribution in [0.1, 0.15) is 44.1 Å². The third-order valence-electron chi connectivity index (χ3n) is 6.33. The summed E-state index contributed by atoms with van der Waals surface area (Å²) in [6, 6.07) is 9.71. The number of amides is 1. The standard InChI is InChI=1S/C20H25N3O/c21-6-5-14-1-3-18(4-2-14)23-19(24)13-22-20-10-15-7-16(11-20)9-17(8-15)12-20/h1-4,15-17,22H,5,7-13H2,(H,23,24)/p+1. The van der Waals surface area contributed by atoms with Crippen LogP contribution >= 0.6 is 0 Å². The molecule has 4 nitrogen and oxygen atoms in total. The molecule has 3 N–H and O–H groups in total. The summed E-state index contributed by atoms with van der Waals surface area (Å²) in [6.45, 7) is 0.520. The number of carbonyl (C=O) groups is 1. The quantitative estimate of drug-likeness (QED) is 0.872. The minimum Gasteiger partial charge on any atom is -0.334 e. The van der Waals surface area contributed by atoms with E-state index >= 15 is 0 Å². The van der Waals surface area contributed by atoms with Crippen molar-refractivity contribution in [1.82, 2.24) is 0 Å². The fourth-order valence-corrected chi connectivity index (χ4v) is 5.75. The molecule has 4 aliphatic carbocycles. The fourth-order valence-electron chi connectivity index (χ4n) is 5.75. The predicted molar refractivity (Wildman–Crippen MR) is 92.1 cm³/mol. The summed E-state index contributed by atoms with van der Waals surface area (Å²) in [5.74, 6) is 2.84. The molecule has 0 saturated heterocycles. The third-order valence-corrected chi connectivity index (χ3v) is 6.33. The van der Waals surface area contributed by atoms with Crippen LogP contribution in [-0.2, 0) is 11.2 Å². The zero-order valence-electron chi connectivity index (χ0n) is 14.1. The molecule has 1 aromatic carbocycles. The largest absolute Gasteiger partial charge is 0.334 e. The average Bonchev–Trinajstić information content (AvgIpc) is 2.54. The van der Waals surface area contributed by atoms with E-state index in [0.29, 0.717) is 18.5 Å². The van der Waals surface area contributed by atoms with Crippen LogP contribution in [-0.4, -0.2) is 18.0 Å². The van der Waals surface area contributed by atoms with Gasteiger partial charge < -0.3 is 10.6 Å². The first-order chi connectivity index (χ1) is 11.6. The van der Waals surface area contributed by atoms with Crippen LogP contribution in [0.3, 0.4) is 0 Å². The summed E-state index contributed by atoms with van der Waals surface area (Å²) < 4.78 is 0. The predicted octanol–water partition coefficient (Wildman–Crippen LogP) is 2.22. The molecule has 0 aliphatic heterocycles. The monoisotopic (exact) mass is 324 g/mol. The molecular formula is C20H26N3O+. The second-order valence-electron chi connectivity index (χ2n) is 8.27. The maximum atomic E-state index is 12.3. The van der Waals surface area contributed by atoms with Crippen molar-refractivity contribution in [2.24, 2.45) is 17.8 Å². The number of anilines is 1. The Morgan fingerprint density at radius 3 is 2.25 bits per heavy atom. The van der Waals surface area contributed by atoms with Crippen LogP contribution in [0.4, 0.5) is 5.69 Å². The zero-order chi connectivity index (χ0) is 16.6. The van der Waals surface area contributed by atoms with Gasteiger partial charge in [-0.3, -0.25) is 4.79 Å². The van der Waals surface area contributed by atoms with Gasteiger partial charge in [0.25, 0.3) is 5.91 Å². The maximum Gasteiger partial charge on any atom is 0.279 e. The molecule has 0 heterocycles. The van der Waals surface area contributed by atoms with Crippen LogP contribution < -0.4 is 10.6 Å². The summed E-state index contributed by atoms with van der Waals surface area (Å²) in [4.78, 5) is 12.3. The lowest BCUT2D eigenvalue weighted by atomic mass is 9.53. The van der Waals surface area contributed by atoms with E-state index in [9.17, 15) is 4.79 Å². The smallest absolute Gasteiger partial charge is 0.279 e. The highest BCUT2D eigenvalue weighted by Crippen LogP contribution is 2.54. The van der Waals surface area contributed by atoms with E-state index in [4.69, 9.17) is 5.26 Å². The van der Waals surface area contributed by atoms with Crippen molar-refractivity contribution in [3.63, 3.8) is 0 Å². The van der Waals surface area contributed by atoms with E-state index in [1.54, 1.807) is 0 Å². The van der Waals surface area contributed by atoms with E-state index in [1.807, 2.05) is 24.3 Å². The number of rotatable bonds is 5. The van der Waals surface area contributed by atoms with Crippen LogP contribution in [0.25, 0.3) is 0 Å². The Bertz CT molecular complexity index is 623. The molecule has 4 fully saturated rings. The third kappa shape index (κ3) is 3.18.